The molecule has 2 heterocycles. The molecule has 0 bridgehead atoms. The monoisotopic (exact) mass is 714 g/mol. The standard InChI is InChI=1S/C17H26ClNO2.C15H15ClFN3O3S2/c1-4-11-21-12-10-19(16(20)13-18)17-14(5-2)8-7-9-15(17)6-3;1-23-13(21)8-24-12-7-11(10(17)6-9(12)16)18-14-19-4-2-3-5-20(19)15(22)25-14/h7-9H,4-6,10-13H2,1-3H3;6-7H,2-5,8H2,1H3. The van der Waals surface area contributed by atoms with Crippen LogP contribution in [0.15, 0.2) is 45.0 Å². The molecule has 1 aromatic heterocycles. The number of alkyl halides is 1. The van der Waals surface area contributed by atoms with Crippen LogP contribution in [0.25, 0.3) is 0 Å². The Kier molecular flexibility index (Phi) is 15.8. The van der Waals surface area contributed by atoms with E-state index in [0.717, 1.165) is 73.6 Å². The van der Waals surface area contributed by atoms with Gasteiger partial charge in [-0.05, 0) is 66.7 Å². The molecule has 0 atom stereocenters. The Labute approximate surface area is 287 Å². The number of methoxy groups -OCH3 is 1. The van der Waals surface area contributed by atoms with Crippen molar-refractivity contribution in [2.24, 2.45) is 4.99 Å². The molecule has 2 aromatic carbocycles. The highest BCUT2D eigenvalue weighted by Crippen LogP contribution is 2.33. The van der Waals surface area contributed by atoms with Crippen molar-refractivity contribution in [3.63, 3.8) is 0 Å². The maximum absolute atomic E-state index is 14.3. The van der Waals surface area contributed by atoms with E-state index in [-0.39, 0.29) is 33.1 Å². The number of anilines is 1. The van der Waals surface area contributed by atoms with E-state index in [1.54, 1.807) is 14.3 Å². The van der Waals surface area contributed by atoms with Crippen LogP contribution in [0, 0.1) is 5.82 Å². The molecule has 3 aromatic rings. The van der Waals surface area contributed by atoms with E-state index in [2.05, 4.69) is 48.7 Å². The van der Waals surface area contributed by atoms with Gasteiger partial charge in [-0.1, -0.05) is 50.6 Å². The predicted molar refractivity (Wildman–Crippen MR) is 185 cm³/mol. The zero-order valence-electron chi connectivity index (χ0n) is 26.7. The lowest BCUT2D eigenvalue weighted by molar-refractivity contribution is -0.137. The van der Waals surface area contributed by atoms with E-state index >= 15 is 0 Å². The first-order valence-corrected chi connectivity index (χ1v) is 18.0. The van der Waals surface area contributed by atoms with E-state index in [9.17, 15) is 18.8 Å². The van der Waals surface area contributed by atoms with Crippen molar-refractivity contribution >= 4 is 69.6 Å². The zero-order valence-corrected chi connectivity index (χ0v) is 29.8. The van der Waals surface area contributed by atoms with E-state index in [1.807, 2.05) is 0 Å². The second-order valence-electron chi connectivity index (χ2n) is 10.2. The third-order valence-electron chi connectivity index (χ3n) is 7.14. The Morgan fingerprint density at radius 2 is 1.76 bits per heavy atom. The van der Waals surface area contributed by atoms with E-state index in [1.165, 1.54) is 24.3 Å². The highest BCUT2D eigenvalue weighted by atomic mass is 35.5. The lowest BCUT2D eigenvalue weighted by Gasteiger charge is -2.27. The number of carbonyl (C=O) groups is 2. The quantitative estimate of drug-likeness (QED) is 0.0857. The second kappa shape index (κ2) is 19.2. The summed E-state index contributed by atoms with van der Waals surface area (Å²) < 4.78 is 27.8. The fourth-order valence-electron chi connectivity index (χ4n) is 4.83. The molecule has 0 saturated carbocycles. The maximum atomic E-state index is 14.3. The number of amides is 1. The Bertz CT molecular complexity index is 1590. The number of para-hydroxylation sites is 1. The van der Waals surface area contributed by atoms with Gasteiger partial charge in [0.25, 0.3) is 0 Å². The summed E-state index contributed by atoms with van der Waals surface area (Å²) in [6.07, 6.45) is 4.66. The topological polar surface area (TPSA) is 95.1 Å². The third kappa shape index (κ3) is 10.2. The van der Waals surface area contributed by atoms with Crippen LogP contribution in [0.2, 0.25) is 5.02 Å². The van der Waals surface area contributed by atoms with Gasteiger partial charge < -0.3 is 14.4 Å². The number of ether oxygens (including phenoxy) is 2. The van der Waals surface area contributed by atoms with Crippen molar-refractivity contribution < 1.29 is 23.5 Å². The van der Waals surface area contributed by atoms with Gasteiger partial charge in [0.15, 0.2) is 0 Å². The van der Waals surface area contributed by atoms with Crippen LogP contribution in [0.4, 0.5) is 15.8 Å². The Morgan fingerprint density at radius 1 is 1.09 bits per heavy atom. The van der Waals surface area contributed by atoms with Crippen LogP contribution in [0.3, 0.4) is 0 Å². The smallest absolute Gasteiger partial charge is 0.325 e. The normalized spacial score (nSPS) is 12.7. The fraction of sp³-hybridized carbons (Fsp3) is 0.500. The number of hydrogen-bond donors (Lipinski definition) is 0. The number of carbonyl (C=O) groups excluding carboxylic acids is 2. The van der Waals surface area contributed by atoms with Gasteiger partial charge in [-0.25, -0.2) is 14.1 Å². The molecule has 46 heavy (non-hydrogen) atoms. The molecule has 0 N–H and O–H groups in total. The number of esters is 1. The lowest BCUT2D eigenvalue weighted by Crippen LogP contribution is -2.36. The minimum Gasteiger partial charge on any atom is -0.468 e. The molecular formula is C32H41Cl2FN4O5S2. The van der Waals surface area contributed by atoms with Gasteiger partial charge in [0, 0.05) is 31.1 Å². The first kappa shape index (κ1) is 37.8. The van der Waals surface area contributed by atoms with Crippen LogP contribution >= 0.6 is 46.3 Å². The van der Waals surface area contributed by atoms with Gasteiger partial charge in [-0.3, -0.25) is 19.1 Å². The molecule has 0 saturated heterocycles. The van der Waals surface area contributed by atoms with E-state index in [4.69, 9.17) is 27.9 Å². The summed E-state index contributed by atoms with van der Waals surface area (Å²) in [4.78, 5) is 42.5. The van der Waals surface area contributed by atoms with Crippen LogP contribution in [0.1, 0.15) is 51.2 Å². The summed E-state index contributed by atoms with van der Waals surface area (Å²) in [5, 5.41) is 0.199. The first-order chi connectivity index (χ1) is 22.2. The molecule has 252 valence electrons. The SMILES string of the molecule is CCCOCCN(C(=O)CCl)c1c(CC)cccc1CC.COC(=O)CSc1cc(N=c2sc(=O)n3n2CCCC3)c(F)cc1Cl. The van der Waals surface area contributed by atoms with Crippen LogP contribution in [-0.4, -0.2) is 59.7 Å². The molecule has 1 aliphatic rings. The van der Waals surface area contributed by atoms with E-state index < -0.39 is 11.8 Å². The number of thioether (sulfide) groups is 1. The summed E-state index contributed by atoms with van der Waals surface area (Å²) in [7, 11) is 1.30. The number of rotatable bonds is 13. The van der Waals surface area contributed by atoms with Crippen molar-refractivity contribution in [3.8, 4) is 0 Å². The van der Waals surface area contributed by atoms with Crippen molar-refractivity contribution in [1.82, 2.24) is 9.36 Å². The molecule has 0 radical (unpaired) electrons. The van der Waals surface area contributed by atoms with Crippen LogP contribution in [-0.2, 0) is 45.0 Å². The number of halogens is 3. The van der Waals surface area contributed by atoms with Gasteiger partial charge in [0.2, 0.25) is 10.7 Å². The maximum Gasteiger partial charge on any atom is 0.325 e. The molecule has 0 aliphatic carbocycles. The largest absolute Gasteiger partial charge is 0.468 e. The second-order valence-corrected chi connectivity index (χ2v) is 12.8. The molecular weight excluding hydrogens is 674 g/mol. The molecule has 9 nitrogen and oxygen atoms in total. The summed E-state index contributed by atoms with van der Waals surface area (Å²) in [5.74, 6) is -0.991. The summed E-state index contributed by atoms with van der Waals surface area (Å²) in [6.45, 7) is 9.42. The summed E-state index contributed by atoms with van der Waals surface area (Å²) in [5.41, 5.74) is 3.47. The van der Waals surface area contributed by atoms with Crippen molar-refractivity contribution in [2.45, 2.75) is 70.9 Å². The summed E-state index contributed by atoms with van der Waals surface area (Å²) in [6, 6.07) is 8.86. The van der Waals surface area contributed by atoms with E-state index in [0.29, 0.717) is 35.9 Å². The molecule has 0 unspecified atom stereocenters. The molecule has 1 amide bonds. The molecule has 0 spiro atoms. The number of nitrogens with zero attached hydrogens (tertiary/aromatic N) is 4. The van der Waals surface area contributed by atoms with Gasteiger partial charge in [0.1, 0.15) is 17.4 Å². The average Bonchev–Trinajstić information content (AvgIpc) is 3.39. The Morgan fingerprint density at radius 3 is 2.37 bits per heavy atom. The molecule has 1 aliphatic heterocycles. The molecule has 4 rings (SSSR count). The number of fused-ring (bicyclic) bond motifs is 1. The highest BCUT2D eigenvalue weighted by molar-refractivity contribution is 8.00. The van der Waals surface area contributed by atoms with Gasteiger partial charge in [-0.2, -0.15) is 0 Å². The average molecular weight is 716 g/mol. The van der Waals surface area contributed by atoms with Crippen molar-refractivity contribution in [2.75, 3.05) is 43.4 Å². The van der Waals surface area contributed by atoms with Gasteiger partial charge in [-0.15, -0.1) is 23.4 Å². The Hall–Kier alpha value is -2.64. The minimum absolute atomic E-state index is 0.00498. The number of hydrogen-bond acceptors (Lipinski definition) is 8. The number of aromatic nitrogens is 2. The van der Waals surface area contributed by atoms with Gasteiger partial charge >= 0.3 is 10.8 Å². The van der Waals surface area contributed by atoms with Crippen LogP contribution < -0.4 is 14.6 Å². The van der Waals surface area contributed by atoms with Crippen molar-refractivity contribution in [1.29, 1.82) is 0 Å². The predicted octanol–water partition coefficient (Wildman–Crippen LogP) is 6.60. The zero-order chi connectivity index (χ0) is 33.6. The molecule has 14 heteroatoms. The third-order valence-corrected chi connectivity index (χ3v) is 9.69. The first-order valence-electron chi connectivity index (χ1n) is 15.3. The van der Waals surface area contributed by atoms with Crippen LogP contribution in [0.5, 0.6) is 0 Å². The number of benzene rings is 2. The molecule has 0 fully saturated rings. The highest BCUT2D eigenvalue weighted by Gasteiger charge is 2.20. The van der Waals surface area contributed by atoms with Crippen molar-refractivity contribution in [3.05, 3.63) is 66.8 Å². The fourth-order valence-corrected chi connectivity index (χ4v) is 6.96. The Balaban J connectivity index is 0.000000255. The summed E-state index contributed by atoms with van der Waals surface area (Å²) >= 11 is 14.0. The number of aryl methyl sites for hydroxylation is 2. The lowest BCUT2D eigenvalue weighted by atomic mass is 10.0. The van der Waals surface area contributed by atoms with Gasteiger partial charge in [0.05, 0.1) is 30.2 Å². The minimum atomic E-state index is -0.580.